The topological polar surface area (TPSA) is 108 Å². The molecule has 6 aromatic rings. The second-order valence-electron chi connectivity index (χ2n) is 13.7. The van der Waals surface area contributed by atoms with Gasteiger partial charge in [0.1, 0.15) is 17.1 Å². The fourth-order valence-electron chi connectivity index (χ4n) is 6.87. The molecule has 2 atom stereocenters. The number of aliphatic hydroxyl groups is 1. The number of benzene rings is 4. The Bertz CT molecular complexity index is 2340. The lowest BCUT2D eigenvalue weighted by molar-refractivity contribution is -0.0385. The van der Waals surface area contributed by atoms with Gasteiger partial charge in [-0.05, 0) is 110 Å². The van der Waals surface area contributed by atoms with Gasteiger partial charge in [-0.15, -0.1) is 0 Å². The van der Waals surface area contributed by atoms with Crippen LogP contribution < -0.4 is 14.4 Å². The normalized spacial score (nSPS) is 14.8. The van der Waals surface area contributed by atoms with Crippen LogP contribution in [0.3, 0.4) is 0 Å². The molecule has 0 radical (unpaired) electrons. The number of alkyl halides is 3. The van der Waals surface area contributed by atoms with Crippen molar-refractivity contribution < 1.29 is 32.0 Å². The van der Waals surface area contributed by atoms with E-state index in [4.69, 9.17) is 4.74 Å². The lowest BCUT2D eigenvalue weighted by Crippen LogP contribution is -2.34. The Hall–Kier alpha value is -5.11. The van der Waals surface area contributed by atoms with Crippen LogP contribution in [0.25, 0.3) is 22.2 Å². The molecule has 3 heterocycles. The highest BCUT2D eigenvalue weighted by Gasteiger charge is 2.39. The van der Waals surface area contributed by atoms with Gasteiger partial charge in [0.2, 0.25) is 0 Å². The first kappa shape index (κ1) is 38.2. The standard InChI is InChI=1S/C42H39F3N4O4S2/c1-26-7-9-29(10-8-26)36-6-4-3-5-30(36)21-28-16-19-49(20-17-28)32-11-13-37(38(23-32)53-33-22-31-15-18-46-40(31)47-25-33)41(51)48-54-34-12-14-35(27(2)50)39(24-34)55(52)42(43,44)45/h3-15,18,22-25,27-28,50H,16-17,19-21H2,1-2H3,(H,46,47)(H,48,51). The van der Waals surface area contributed by atoms with Crippen molar-refractivity contribution in [1.29, 1.82) is 0 Å². The van der Waals surface area contributed by atoms with Crippen molar-refractivity contribution in [3.63, 3.8) is 0 Å². The van der Waals surface area contributed by atoms with Crippen molar-refractivity contribution in [1.82, 2.24) is 14.7 Å². The molecule has 0 saturated carbocycles. The summed E-state index contributed by atoms with van der Waals surface area (Å²) in [7, 11) is -3.37. The summed E-state index contributed by atoms with van der Waals surface area (Å²) in [4.78, 5) is 23.1. The number of aryl methyl sites for hydroxylation is 1. The number of halogens is 3. The van der Waals surface area contributed by atoms with Crippen molar-refractivity contribution in [3.8, 4) is 22.6 Å². The number of piperidine rings is 1. The maximum atomic E-state index is 13.7. The molecular weight excluding hydrogens is 746 g/mol. The molecular formula is C42H39F3N4O4S2. The van der Waals surface area contributed by atoms with E-state index in [0.717, 1.165) is 61.4 Å². The molecule has 55 heavy (non-hydrogen) atoms. The second-order valence-corrected chi connectivity index (χ2v) is 16.0. The number of nitrogens with zero attached hydrogens (tertiary/aromatic N) is 2. The van der Waals surface area contributed by atoms with Gasteiger partial charge in [0.15, 0.2) is 10.8 Å². The van der Waals surface area contributed by atoms with Gasteiger partial charge in [0.25, 0.3) is 5.91 Å². The van der Waals surface area contributed by atoms with Crippen LogP contribution in [0, 0.1) is 12.8 Å². The third-order valence-electron chi connectivity index (χ3n) is 9.79. The third-order valence-corrected chi connectivity index (χ3v) is 11.7. The van der Waals surface area contributed by atoms with Gasteiger partial charge in [0.05, 0.1) is 22.8 Å². The number of hydrogen-bond donors (Lipinski definition) is 3. The molecule has 8 nitrogen and oxygen atoms in total. The first-order chi connectivity index (χ1) is 26.4. The summed E-state index contributed by atoms with van der Waals surface area (Å²) in [5, 5.41) is 10.8. The summed E-state index contributed by atoms with van der Waals surface area (Å²) < 4.78 is 61.5. The first-order valence-corrected chi connectivity index (χ1v) is 19.8. The summed E-state index contributed by atoms with van der Waals surface area (Å²) >= 11 is 0.772. The molecule has 0 bridgehead atoms. The first-order valence-electron chi connectivity index (χ1n) is 17.9. The van der Waals surface area contributed by atoms with Crippen molar-refractivity contribution in [3.05, 3.63) is 132 Å². The number of carbonyl (C=O) groups excluding carboxylic acids is 1. The highest BCUT2D eigenvalue weighted by Crippen LogP contribution is 2.36. The predicted molar refractivity (Wildman–Crippen MR) is 211 cm³/mol. The highest BCUT2D eigenvalue weighted by molar-refractivity contribution is 7.98. The number of aliphatic hydroxyl groups excluding tert-OH is 1. The fourth-order valence-corrected chi connectivity index (χ4v) is 8.51. The summed E-state index contributed by atoms with van der Waals surface area (Å²) in [5.41, 5.74) is 1.70. The summed E-state index contributed by atoms with van der Waals surface area (Å²) in [5.74, 6) is 0.657. The van der Waals surface area contributed by atoms with Gasteiger partial charge >= 0.3 is 5.51 Å². The van der Waals surface area contributed by atoms with E-state index in [-0.39, 0.29) is 21.8 Å². The smallest absolute Gasteiger partial charge is 0.455 e. The number of hydrogen-bond acceptors (Lipinski definition) is 7. The molecule has 3 N–H and O–H groups in total. The summed E-state index contributed by atoms with van der Waals surface area (Å²) in [6.07, 6.45) is 5.01. The minimum atomic E-state index is -5.02. The highest BCUT2D eigenvalue weighted by atomic mass is 32.2. The van der Waals surface area contributed by atoms with E-state index in [0.29, 0.717) is 17.3 Å². The van der Waals surface area contributed by atoms with Crippen molar-refractivity contribution >= 4 is 45.4 Å². The molecule has 4 aromatic carbocycles. The van der Waals surface area contributed by atoms with Crippen molar-refractivity contribution in [2.75, 3.05) is 18.0 Å². The molecule has 1 fully saturated rings. The minimum Gasteiger partial charge on any atom is -0.455 e. The molecule has 2 unspecified atom stereocenters. The third kappa shape index (κ3) is 8.90. The molecule has 1 amide bonds. The Morgan fingerprint density at radius 1 is 1.04 bits per heavy atom. The van der Waals surface area contributed by atoms with E-state index < -0.39 is 33.2 Å². The summed E-state index contributed by atoms with van der Waals surface area (Å²) in [6, 6.07) is 30.1. The molecule has 0 spiro atoms. The number of fused-ring (bicyclic) bond motifs is 1. The molecule has 2 aromatic heterocycles. The lowest BCUT2D eigenvalue weighted by atomic mass is 9.86. The number of aromatic amines is 1. The van der Waals surface area contributed by atoms with Gasteiger partial charge < -0.3 is 19.7 Å². The van der Waals surface area contributed by atoms with E-state index in [9.17, 15) is 27.3 Å². The second kappa shape index (κ2) is 16.3. The Balaban J connectivity index is 1.09. The Kier molecular flexibility index (Phi) is 11.3. The maximum absolute atomic E-state index is 13.7. The zero-order valence-electron chi connectivity index (χ0n) is 30.1. The molecule has 284 valence electrons. The van der Waals surface area contributed by atoms with Crippen molar-refractivity contribution in [2.24, 2.45) is 5.92 Å². The number of ether oxygens (including phenoxy) is 1. The number of rotatable bonds is 11. The van der Waals surface area contributed by atoms with Crippen LogP contribution in [-0.2, 0) is 17.2 Å². The molecule has 1 aliphatic heterocycles. The Morgan fingerprint density at radius 2 is 1.80 bits per heavy atom. The molecule has 0 aliphatic carbocycles. The van der Waals surface area contributed by atoms with Crippen LogP contribution in [0.1, 0.15) is 52.9 Å². The zero-order valence-corrected chi connectivity index (χ0v) is 31.7. The largest absolute Gasteiger partial charge is 0.475 e. The fraction of sp³-hybridized carbons (Fsp3) is 0.238. The van der Waals surface area contributed by atoms with Crippen molar-refractivity contribution in [2.45, 2.75) is 54.5 Å². The number of amides is 1. The molecule has 13 heteroatoms. The number of aromatic nitrogens is 2. The quantitative estimate of drug-likeness (QED) is 0.112. The van der Waals surface area contributed by atoms with E-state index >= 15 is 0 Å². The number of anilines is 1. The van der Waals surface area contributed by atoms with Gasteiger partial charge in [-0.3, -0.25) is 9.52 Å². The minimum absolute atomic E-state index is 0.110. The van der Waals surface area contributed by atoms with Gasteiger partial charge in [-0.1, -0.05) is 60.2 Å². The molecule has 1 saturated heterocycles. The van der Waals surface area contributed by atoms with Crippen LogP contribution in [-0.4, -0.2) is 43.8 Å². The van der Waals surface area contributed by atoms with Gasteiger partial charge in [-0.25, -0.2) is 9.19 Å². The monoisotopic (exact) mass is 784 g/mol. The molecule has 7 rings (SSSR count). The number of carbonyl (C=O) groups is 1. The Labute approximate surface area is 323 Å². The van der Waals surface area contributed by atoms with Crippen LogP contribution in [0.15, 0.2) is 119 Å². The van der Waals surface area contributed by atoms with Crippen LogP contribution in [0.5, 0.6) is 11.5 Å². The van der Waals surface area contributed by atoms with Crippen LogP contribution >= 0.6 is 11.9 Å². The SMILES string of the molecule is Cc1ccc(-c2ccccc2CC2CCN(c3ccc(C(=O)NSc4ccc(C(C)O)c(S(=O)C(F)(F)F)c4)c(Oc4cnc5[nH]ccc5c4)c3)CC2)cc1. The lowest BCUT2D eigenvalue weighted by Gasteiger charge is -2.34. The van der Waals surface area contributed by atoms with E-state index in [1.165, 1.54) is 41.3 Å². The number of H-pyrrole nitrogens is 1. The van der Waals surface area contributed by atoms with E-state index in [1.54, 1.807) is 18.5 Å². The predicted octanol–water partition coefficient (Wildman–Crippen LogP) is 9.91. The zero-order chi connectivity index (χ0) is 38.7. The maximum Gasteiger partial charge on any atom is 0.475 e. The average Bonchev–Trinajstić information content (AvgIpc) is 3.65. The van der Waals surface area contributed by atoms with Crippen LogP contribution in [0.4, 0.5) is 18.9 Å². The number of nitrogens with one attached hydrogen (secondary N) is 2. The number of pyridine rings is 1. The molecule has 1 aliphatic rings. The van der Waals surface area contributed by atoms with Gasteiger partial charge in [-0.2, -0.15) is 13.2 Å². The van der Waals surface area contributed by atoms with E-state index in [2.05, 4.69) is 75.0 Å². The Morgan fingerprint density at radius 3 is 2.55 bits per heavy atom. The van der Waals surface area contributed by atoms with E-state index in [1.807, 2.05) is 24.3 Å². The average molecular weight is 785 g/mol. The summed E-state index contributed by atoms with van der Waals surface area (Å²) in [6.45, 7) is 5.03. The van der Waals surface area contributed by atoms with Crippen LogP contribution in [0.2, 0.25) is 0 Å². The van der Waals surface area contributed by atoms with Gasteiger partial charge in [0, 0.05) is 41.3 Å².